The van der Waals surface area contributed by atoms with Gasteiger partial charge in [0.2, 0.25) is 5.91 Å². The van der Waals surface area contributed by atoms with Gasteiger partial charge in [-0.25, -0.2) is 9.97 Å². The standard InChI is InChI=1S/C30H32N6O2/c1-21-18-34(15-16-36(21)27(38)19-35-20-33-24-10-6-13-32-30(24)35)25-11-5-9-23-12-14-31-29(28(23)25)26(37)17-22-7-3-2-4-8-22/h2-11,13,20-21,29,31H,12,14-19H2,1H3. The normalized spacial score (nSPS) is 19.4. The van der Waals surface area contributed by atoms with Crippen LogP contribution < -0.4 is 10.2 Å². The highest BCUT2D eigenvalue weighted by Gasteiger charge is 2.33. The molecule has 2 aromatic heterocycles. The maximum Gasteiger partial charge on any atom is 0.242 e. The lowest BCUT2D eigenvalue weighted by Crippen LogP contribution is -2.55. The first kappa shape index (κ1) is 24.3. The molecular weight excluding hydrogens is 476 g/mol. The molecule has 2 aliphatic rings. The molecule has 2 aromatic carbocycles. The Kier molecular flexibility index (Phi) is 6.64. The van der Waals surface area contributed by atoms with Crippen LogP contribution in [0.1, 0.15) is 29.7 Å². The molecule has 194 valence electrons. The maximum atomic E-state index is 13.5. The third kappa shape index (κ3) is 4.67. The number of hydrogen-bond acceptors (Lipinski definition) is 6. The molecule has 2 unspecified atom stereocenters. The van der Waals surface area contributed by atoms with Gasteiger partial charge in [-0.3, -0.25) is 9.59 Å². The van der Waals surface area contributed by atoms with Gasteiger partial charge in [0.05, 0.1) is 12.4 Å². The van der Waals surface area contributed by atoms with Crippen molar-refractivity contribution in [3.63, 3.8) is 0 Å². The Hall–Kier alpha value is -4.04. The zero-order valence-corrected chi connectivity index (χ0v) is 21.6. The van der Waals surface area contributed by atoms with Crippen LogP contribution in [-0.2, 0) is 29.0 Å². The Morgan fingerprint density at radius 2 is 1.87 bits per heavy atom. The van der Waals surface area contributed by atoms with Gasteiger partial charge in [-0.15, -0.1) is 0 Å². The van der Waals surface area contributed by atoms with Gasteiger partial charge in [0.15, 0.2) is 11.4 Å². The van der Waals surface area contributed by atoms with Gasteiger partial charge in [0, 0.05) is 56.1 Å². The highest BCUT2D eigenvalue weighted by molar-refractivity contribution is 5.90. The topological polar surface area (TPSA) is 83.4 Å². The molecule has 2 aliphatic heterocycles. The molecule has 8 nitrogen and oxygen atoms in total. The maximum absolute atomic E-state index is 13.5. The second-order valence-corrected chi connectivity index (χ2v) is 10.2. The molecule has 0 bridgehead atoms. The molecule has 2 atom stereocenters. The number of piperazine rings is 1. The number of benzene rings is 2. The van der Waals surface area contributed by atoms with E-state index in [1.54, 1.807) is 12.5 Å². The van der Waals surface area contributed by atoms with Crippen molar-refractivity contribution in [3.05, 3.63) is 89.9 Å². The number of ketones is 1. The fourth-order valence-electron chi connectivity index (χ4n) is 5.85. The summed E-state index contributed by atoms with van der Waals surface area (Å²) in [5.41, 5.74) is 5.98. The minimum absolute atomic E-state index is 0.0323. The largest absolute Gasteiger partial charge is 0.367 e. The fourth-order valence-corrected chi connectivity index (χ4v) is 5.85. The minimum Gasteiger partial charge on any atom is -0.367 e. The number of imidazole rings is 1. The molecule has 38 heavy (non-hydrogen) atoms. The van der Waals surface area contributed by atoms with Gasteiger partial charge in [0.25, 0.3) is 0 Å². The van der Waals surface area contributed by atoms with Crippen LogP contribution in [0.2, 0.25) is 0 Å². The molecule has 1 N–H and O–H groups in total. The Labute approximate surface area is 222 Å². The Morgan fingerprint density at radius 3 is 2.71 bits per heavy atom. The van der Waals surface area contributed by atoms with E-state index in [9.17, 15) is 9.59 Å². The number of amides is 1. The van der Waals surface area contributed by atoms with Gasteiger partial charge < -0.3 is 19.7 Å². The van der Waals surface area contributed by atoms with E-state index in [1.807, 2.05) is 51.9 Å². The number of anilines is 1. The lowest BCUT2D eigenvalue weighted by molar-refractivity contribution is -0.134. The van der Waals surface area contributed by atoms with Crippen LogP contribution in [-0.4, -0.2) is 63.3 Å². The van der Waals surface area contributed by atoms with E-state index in [4.69, 9.17) is 0 Å². The molecule has 1 fully saturated rings. The van der Waals surface area contributed by atoms with Gasteiger partial charge in [0.1, 0.15) is 12.1 Å². The van der Waals surface area contributed by atoms with Crippen LogP contribution in [0.5, 0.6) is 0 Å². The molecule has 4 heterocycles. The van der Waals surface area contributed by atoms with Crippen LogP contribution in [0.3, 0.4) is 0 Å². The van der Waals surface area contributed by atoms with Crippen LogP contribution in [0.15, 0.2) is 73.2 Å². The third-order valence-corrected chi connectivity index (χ3v) is 7.72. The molecule has 0 radical (unpaired) electrons. The third-order valence-electron chi connectivity index (χ3n) is 7.72. The number of nitrogens with one attached hydrogen (secondary N) is 1. The van der Waals surface area contributed by atoms with Crippen molar-refractivity contribution < 1.29 is 9.59 Å². The first-order valence-corrected chi connectivity index (χ1v) is 13.3. The summed E-state index contributed by atoms with van der Waals surface area (Å²) in [6.45, 7) is 5.16. The monoisotopic (exact) mass is 508 g/mol. The molecule has 1 saturated heterocycles. The van der Waals surface area contributed by atoms with E-state index < -0.39 is 0 Å². The number of fused-ring (bicyclic) bond motifs is 2. The zero-order chi connectivity index (χ0) is 26.1. The van der Waals surface area contributed by atoms with E-state index in [1.165, 1.54) is 5.56 Å². The molecule has 6 rings (SSSR count). The van der Waals surface area contributed by atoms with Crippen LogP contribution in [0.25, 0.3) is 11.2 Å². The summed E-state index contributed by atoms with van der Waals surface area (Å²) in [4.78, 5) is 39.8. The van der Waals surface area contributed by atoms with Crippen LogP contribution in [0, 0.1) is 0 Å². The number of Topliss-reactive ketones (excluding diaryl/α,β-unsaturated/α-hetero) is 1. The van der Waals surface area contributed by atoms with Gasteiger partial charge in [-0.1, -0.05) is 42.5 Å². The summed E-state index contributed by atoms with van der Waals surface area (Å²) >= 11 is 0. The number of carbonyl (C=O) groups is 2. The summed E-state index contributed by atoms with van der Waals surface area (Å²) in [7, 11) is 0. The molecule has 4 aromatic rings. The fraction of sp³-hybridized carbons (Fsp3) is 0.333. The van der Waals surface area contributed by atoms with Gasteiger partial charge >= 0.3 is 0 Å². The summed E-state index contributed by atoms with van der Waals surface area (Å²) in [6.07, 6.45) is 4.72. The van der Waals surface area contributed by atoms with Crippen LogP contribution >= 0.6 is 0 Å². The second-order valence-electron chi connectivity index (χ2n) is 10.2. The van der Waals surface area contributed by atoms with Crippen molar-refractivity contribution >= 4 is 28.5 Å². The number of hydrogen-bond donors (Lipinski definition) is 1. The molecule has 0 aliphatic carbocycles. The van der Waals surface area contributed by atoms with Crippen molar-refractivity contribution in [3.8, 4) is 0 Å². The minimum atomic E-state index is -0.327. The lowest BCUT2D eigenvalue weighted by atomic mass is 9.87. The first-order valence-electron chi connectivity index (χ1n) is 13.3. The molecule has 8 heteroatoms. The first-order chi connectivity index (χ1) is 18.6. The Morgan fingerprint density at radius 1 is 1.00 bits per heavy atom. The Bertz CT molecular complexity index is 1470. The van der Waals surface area contributed by atoms with E-state index in [2.05, 4.69) is 45.3 Å². The van der Waals surface area contributed by atoms with Crippen molar-refractivity contribution in [1.82, 2.24) is 24.8 Å². The number of rotatable bonds is 6. The summed E-state index contributed by atoms with van der Waals surface area (Å²) in [6, 6.07) is 19.8. The highest BCUT2D eigenvalue weighted by Crippen LogP contribution is 2.35. The average molecular weight is 509 g/mol. The number of nitrogens with zero attached hydrogens (tertiary/aromatic N) is 5. The summed E-state index contributed by atoms with van der Waals surface area (Å²) < 4.78 is 1.82. The van der Waals surface area contributed by atoms with Crippen LogP contribution in [0.4, 0.5) is 5.69 Å². The van der Waals surface area contributed by atoms with Gasteiger partial charge in [-0.2, -0.15) is 0 Å². The van der Waals surface area contributed by atoms with Gasteiger partial charge in [-0.05, 0) is 42.7 Å². The average Bonchev–Trinajstić information content (AvgIpc) is 3.35. The van der Waals surface area contributed by atoms with Crippen molar-refractivity contribution in [2.75, 3.05) is 31.1 Å². The van der Waals surface area contributed by atoms with Crippen molar-refractivity contribution in [2.45, 2.75) is 38.4 Å². The second kappa shape index (κ2) is 10.4. The van der Waals surface area contributed by atoms with Crippen molar-refractivity contribution in [2.24, 2.45) is 0 Å². The van der Waals surface area contributed by atoms with E-state index in [-0.39, 0.29) is 30.3 Å². The van der Waals surface area contributed by atoms with Crippen molar-refractivity contribution in [1.29, 1.82) is 0 Å². The number of pyridine rings is 1. The smallest absolute Gasteiger partial charge is 0.242 e. The number of carbonyl (C=O) groups excluding carboxylic acids is 2. The quantitative estimate of drug-likeness (QED) is 0.431. The zero-order valence-electron chi connectivity index (χ0n) is 21.6. The lowest BCUT2D eigenvalue weighted by Gasteiger charge is -2.43. The predicted molar refractivity (Wildman–Crippen MR) is 147 cm³/mol. The Balaban J connectivity index is 1.19. The van der Waals surface area contributed by atoms with E-state index in [0.29, 0.717) is 19.5 Å². The van der Waals surface area contributed by atoms with E-state index in [0.717, 1.165) is 47.5 Å². The highest BCUT2D eigenvalue weighted by atomic mass is 16.2. The molecule has 0 saturated carbocycles. The summed E-state index contributed by atoms with van der Waals surface area (Å²) in [5.74, 6) is 0.252. The molecule has 0 spiro atoms. The van der Waals surface area contributed by atoms with E-state index >= 15 is 0 Å². The predicted octanol–water partition coefficient (Wildman–Crippen LogP) is 3.17. The SMILES string of the molecule is CC1CN(c2cccc3c2C(C(=O)Cc2ccccc2)NCC3)CCN1C(=O)Cn1cnc2cccnc21. The summed E-state index contributed by atoms with van der Waals surface area (Å²) in [5, 5.41) is 3.50. The molecular formula is C30H32N6O2. The number of aromatic nitrogens is 3. The molecule has 1 amide bonds.